The summed E-state index contributed by atoms with van der Waals surface area (Å²) in [6.45, 7) is 0.413. The van der Waals surface area contributed by atoms with Gasteiger partial charge in [0.1, 0.15) is 0 Å². The van der Waals surface area contributed by atoms with Crippen molar-refractivity contribution in [2.75, 3.05) is 30.9 Å². The average molecular weight is 262 g/mol. The lowest BCUT2D eigenvalue weighted by Crippen LogP contribution is -2.40. The van der Waals surface area contributed by atoms with Crippen molar-refractivity contribution in [1.82, 2.24) is 4.98 Å². The van der Waals surface area contributed by atoms with E-state index in [1.165, 1.54) is 0 Å². The summed E-state index contributed by atoms with van der Waals surface area (Å²) in [5, 5.41) is 3.00. The van der Waals surface area contributed by atoms with Crippen molar-refractivity contribution in [3.63, 3.8) is 0 Å². The molecule has 19 heavy (non-hydrogen) atoms. The third kappa shape index (κ3) is 2.71. The highest BCUT2D eigenvalue weighted by Gasteiger charge is 2.40. The van der Waals surface area contributed by atoms with E-state index in [1.54, 1.807) is 12.4 Å². The van der Waals surface area contributed by atoms with Crippen LogP contribution >= 0.6 is 0 Å². The summed E-state index contributed by atoms with van der Waals surface area (Å²) in [4.78, 5) is 18.5. The third-order valence-corrected chi connectivity index (χ3v) is 3.96. The number of carbonyl (C=O) groups is 1. The van der Waals surface area contributed by atoms with Crippen molar-refractivity contribution < 1.29 is 4.79 Å². The molecule has 0 bridgehead atoms. The first-order chi connectivity index (χ1) is 9.09. The van der Waals surface area contributed by atoms with Gasteiger partial charge in [-0.3, -0.25) is 9.78 Å². The summed E-state index contributed by atoms with van der Waals surface area (Å²) >= 11 is 0. The van der Waals surface area contributed by atoms with Crippen molar-refractivity contribution in [1.29, 1.82) is 0 Å². The van der Waals surface area contributed by atoms with Gasteiger partial charge >= 0.3 is 0 Å². The third-order valence-electron chi connectivity index (χ3n) is 3.96. The normalized spacial score (nSPS) is 17.2. The maximum atomic E-state index is 12.5. The van der Waals surface area contributed by atoms with Crippen molar-refractivity contribution in [3.05, 3.63) is 18.5 Å². The van der Waals surface area contributed by atoms with Crippen LogP contribution in [0.4, 0.5) is 11.4 Å². The van der Waals surface area contributed by atoms with E-state index in [4.69, 9.17) is 5.73 Å². The molecule has 5 heteroatoms. The van der Waals surface area contributed by atoms with E-state index in [0.717, 1.165) is 37.1 Å². The Morgan fingerprint density at radius 2 is 2.16 bits per heavy atom. The Hall–Kier alpha value is -1.62. The fourth-order valence-electron chi connectivity index (χ4n) is 2.70. The van der Waals surface area contributed by atoms with Gasteiger partial charge in [0.2, 0.25) is 5.91 Å². The summed E-state index contributed by atoms with van der Waals surface area (Å²) in [7, 11) is 3.89. The molecule has 104 valence electrons. The minimum Gasteiger partial charge on any atom is -0.376 e. The monoisotopic (exact) mass is 262 g/mol. The number of pyridine rings is 1. The molecule has 1 saturated carbocycles. The number of carbonyl (C=O) groups excluding carboxylic acids is 1. The molecule has 0 spiro atoms. The number of hydrogen-bond acceptors (Lipinski definition) is 4. The van der Waals surface area contributed by atoms with Crippen LogP contribution in [0.1, 0.15) is 25.7 Å². The van der Waals surface area contributed by atoms with Crippen molar-refractivity contribution in [2.24, 2.45) is 11.1 Å². The lowest BCUT2D eigenvalue weighted by molar-refractivity contribution is -0.124. The Morgan fingerprint density at radius 1 is 1.47 bits per heavy atom. The van der Waals surface area contributed by atoms with Gasteiger partial charge in [-0.15, -0.1) is 0 Å². The number of rotatable bonds is 4. The zero-order chi connectivity index (χ0) is 13.9. The molecule has 1 aromatic heterocycles. The van der Waals surface area contributed by atoms with Gasteiger partial charge < -0.3 is 16.0 Å². The predicted molar refractivity (Wildman–Crippen MR) is 77.1 cm³/mol. The summed E-state index contributed by atoms with van der Waals surface area (Å²) in [5.74, 6) is 0.0311. The number of anilines is 2. The number of amides is 1. The quantitative estimate of drug-likeness (QED) is 0.864. The Morgan fingerprint density at radius 3 is 2.74 bits per heavy atom. The second-order valence-corrected chi connectivity index (χ2v) is 5.43. The molecule has 0 aliphatic heterocycles. The fourth-order valence-corrected chi connectivity index (χ4v) is 2.70. The standard InChI is InChI=1S/C14H22N4O/c1-18(2)12-5-8-16-9-11(12)17-13(19)14(10-15)6-3-4-7-14/h5,8-9H,3-4,6-7,10,15H2,1-2H3,(H,17,19). The van der Waals surface area contributed by atoms with Crippen LogP contribution in [0.3, 0.4) is 0 Å². The van der Waals surface area contributed by atoms with Gasteiger partial charge in [-0.1, -0.05) is 12.8 Å². The van der Waals surface area contributed by atoms with Crippen molar-refractivity contribution in [3.8, 4) is 0 Å². The van der Waals surface area contributed by atoms with Gasteiger partial charge in [0, 0.05) is 26.8 Å². The van der Waals surface area contributed by atoms with E-state index in [1.807, 2.05) is 25.1 Å². The first kappa shape index (κ1) is 13.8. The molecule has 1 aliphatic carbocycles. The second kappa shape index (κ2) is 5.57. The molecule has 0 aromatic carbocycles. The predicted octanol–water partition coefficient (Wildman–Crippen LogP) is 1.61. The van der Waals surface area contributed by atoms with Crippen molar-refractivity contribution in [2.45, 2.75) is 25.7 Å². The van der Waals surface area contributed by atoms with Gasteiger partial charge in [0.25, 0.3) is 0 Å². The van der Waals surface area contributed by atoms with Crippen LogP contribution in [0.25, 0.3) is 0 Å². The zero-order valence-corrected chi connectivity index (χ0v) is 11.6. The van der Waals surface area contributed by atoms with Crippen LogP contribution in [0.2, 0.25) is 0 Å². The fraction of sp³-hybridized carbons (Fsp3) is 0.571. The van der Waals surface area contributed by atoms with E-state index < -0.39 is 0 Å². The highest BCUT2D eigenvalue weighted by Crippen LogP contribution is 2.38. The summed E-state index contributed by atoms with van der Waals surface area (Å²) in [6.07, 6.45) is 7.34. The van der Waals surface area contributed by atoms with Crippen LogP contribution in [-0.4, -0.2) is 31.5 Å². The first-order valence-corrected chi connectivity index (χ1v) is 6.72. The van der Waals surface area contributed by atoms with E-state index in [9.17, 15) is 4.79 Å². The smallest absolute Gasteiger partial charge is 0.231 e. The van der Waals surface area contributed by atoms with Crippen LogP contribution < -0.4 is 16.0 Å². The Labute approximate surface area is 114 Å². The zero-order valence-electron chi connectivity index (χ0n) is 11.6. The molecule has 0 radical (unpaired) electrons. The van der Waals surface area contributed by atoms with Gasteiger partial charge in [-0.05, 0) is 18.9 Å². The molecule has 1 heterocycles. The first-order valence-electron chi connectivity index (χ1n) is 6.72. The molecule has 0 atom stereocenters. The molecule has 3 N–H and O–H groups in total. The van der Waals surface area contributed by atoms with Crippen LogP contribution in [0.5, 0.6) is 0 Å². The van der Waals surface area contributed by atoms with Crippen molar-refractivity contribution >= 4 is 17.3 Å². The Balaban J connectivity index is 2.19. The number of nitrogens with one attached hydrogen (secondary N) is 1. The number of hydrogen-bond donors (Lipinski definition) is 2. The minimum atomic E-state index is -0.389. The Bertz CT molecular complexity index is 453. The molecule has 1 aliphatic rings. The van der Waals surface area contributed by atoms with E-state index in [-0.39, 0.29) is 11.3 Å². The van der Waals surface area contributed by atoms with Crippen LogP contribution in [0, 0.1) is 5.41 Å². The minimum absolute atomic E-state index is 0.0311. The molecular weight excluding hydrogens is 240 g/mol. The summed E-state index contributed by atoms with van der Waals surface area (Å²) < 4.78 is 0. The molecule has 1 aromatic rings. The van der Waals surface area contributed by atoms with Gasteiger partial charge in [0.15, 0.2) is 0 Å². The highest BCUT2D eigenvalue weighted by molar-refractivity contribution is 5.98. The summed E-state index contributed by atoms with van der Waals surface area (Å²) in [6, 6.07) is 1.89. The molecular formula is C14H22N4O. The van der Waals surface area contributed by atoms with Gasteiger partial charge in [-0.2, -0.15) is 0 Å². The number of nitrogens with zero attached hydrogens (tertiary/aromatic N) is 2. The van der Waals surface area contributed by atoms with E-state index >= 15 is 0 Å². The topological polar surface area (TPSA) is 71.2 Å². The molecule has 1 amide bonds. The number of nitrogens with two attached hydrogens (primary N) is 1. The maximum absolute atomic E-state index is 12.5. The molecule has 5 nitrogen and oxygen atoms in total. The Kier molecular flexibility index (Phi) is 4.04. The SMILES string of the molecule is CN(C)c1ccncc1NC(=O)C1(CN)CCCC1. The second-order valence-electron chi connectivity index (χ2n) is 5.43. The van der Waals surface area contributed by atoms with E-state index in [2.05, 4.69) is 10.3 Å². The molecule has 1 fully saturated rings. The average Bonchev–Trinajstić information content (AvgIpc) is 2.89. The largest absolute Gasteiger partial charge is 0.376 e. The lowest BCUT2D eigenvalue weighted by Gasteiger charge is -2.27. The van der Waals surface area contributed by atoms with Crippen LogP contribution in [0.15, 0.2) is 18.5 Å². The summed E-state index contributed by atoms with van der Waals surface area (Å²) in [5.41, 5.74) is 7.14. The molecule has 0 unspecified atom stereocenters. The molecule has 0 saturated heterocycles. The maximum Gasteiger partial charge on any atom is 0.231 e. The van der Waals surface area contributed by atoms with Gasteiger partial charge in [-0.25, -0.2) is 0 Å². The van der Waals surface area contributed by atoms with E-state index in [0.29, 0.717) is 6.54 Å². The molecule has 2 rings (SSSR count). The lowest BCUT2D eigenvalue weighted by atomic mass is 9.85. The van der Waals surface area contributed by atoms with Gasteiger partial charge in [0.05, 0.1) is 23.0 Å². The highest BCUT2D eigenvalue weighted by atomic mass is 16.2. The van der Waals surface area contributed by atoms with Crippen LogP contribution in [-0.2, 0) is 4.79 Å². The number of aromatic nitrogens is 1.